The number of imidazole rings is 1. The minimum atomic E-state index is -0.0643. The number of carbonyl (C=O) groups is 1. The Morgan fingerprint density at radius 3 is 2.91 bits per heavy atom. The third-order valence-electron chi connectivity index (χ3n) is 6.09. The van der Waals surface area contributed by atoms with E-state index in [2.05, 4.69) is 41.2 Å². The van der Waals surface area contributed by atoms with Gasteiger partial charge in [-0.2, -0.15) is 0 Å². The standard InChI is InChI=1S/C24H32N6O2/c1-4-28-12-7-15-32-23-22-25-11-14-29(22)17-21(27-23)20-9-6-8-19(16-20)18(3)30(5-2)24(31)26-10-13-28/h6,8-9,11,14,16-18H,4-5,7,10,12-13,15H2,1-3H3,(H,26,31)/t18-/m1/s1. The molecule has 0 radical (unpaired) electrons. The van der Waals surface area contributed by atoms with Crippen LogP contribution in [0.25, 0.3) is 16.9 Å². The summed E-state index contributed by atoms with van der Waals surface area (Å²) in [6, 6.07) is 8.12. The lowest BCUT2D eigenvalue weighted by molar-refractivity contribution is 0.179. The molecule has 1 aliphatic rings. The average Bonchev–Trinajstić information content (AvgIpc) is 3.29. The van der Waals surface area contributed by atoms with Crippen molar-refractivity contribution in [3.8, 4) is 17.1 Å². The summed E-state index contributed by atoms with van der Waals surface area (Å²) in [5, 5.41) is 3.09. The fourth-order valence-corrected chi connectivity index (χ4v) is 4.18. The van der Waals surface area contributed by atoms with Crippen molar-refractivity contribution in [2.24, 2.45) is 0 Å². The van der Waals surface area contributed by atoms with Crippen LogP contribution in [0, 0.1) is 0 Å². The van der Waals surface area contributed by atoms with Gasteiger partial charge in [-0.3, -0.25) is 0 Å². The van der Waals surface area contributed by atoms with Gasteiger partial charge in [0.15, 0.2) is 0 Å². The minimum absolute atomic E-state index is 0.0330. The number of benzene rings is 1. The van der Waals surface area contributed by atoms with Crippen LogP contribution in [0.1, 0.15) is 38.8 Å². The minimum Gasteiger partial charge on any atom is -0.475 e. The van der Waals surface area contributed by atoms with E-state index in [-0.39, 0.29) is 12.1 Å². The molecule has 4 bridgehead atoms. The number of aromatic nitrogens is 3. The molecule has 1 aromatic carbocycles. The van der Waals surface area contributed by atoms with Crippen LogP contribution < -0.4 is 10.1 Å². The summed E-state index contributed by atoms with van der Waals surface area (Å²) in [7, 11) is 0. The predicted molar refractivity (Wildman–Crippen MR) is 125 cm³/mol. The van der Waals surface area contributed by atoms with E-state index in [4.69, 9.17) is 9.72 Å². The maximum absolute atomic E-state index is 12.9. The number of urea groups is 1. The zero-order chi connectivity index (χ0) is 22.5. The quantitative estimate of drug-likeness (QED) is 0.664. The number of likely N-dealkylation sites (N-methyl/N-ethyl adjacent to an activating group) is 1. The molecular formula is C24H32N6O2. The largest absolute Gasteiger partial charge is 0.475 e. The average molecular weight is 437 g/mol. The number of fused-ring (bicyclic) bond motifs is 7. The highest BCUT2D eigenvalue weighted by atomic mass is 16.5. The van der Waals surface area contributed by atoms with Gasteiger partial charge in [-0.05, 0) is 38.4 Å². The van der Waals surface area contributed by atoms with Crippen molar-refractivity contribution in [1.82, 2.24) is 29.5 Å². The molecule has 3 aromatic rings. The van der Waals surface area contributed by atoms with E-state index in [1.165, 1.54) is 0 Å². The van der Waals surface area contributed by atoms with E-state index in [1.807, 2.05) is 40.8 Å². The van der Waals surface area contributed by atoms with Crippen LogP contribution in [0.5, 0.6) is 5.88 Å². The van der Waals surface area contributed by atoms with Crippen molar-refractivity contribution in [3.63, 3.8) is 0 Å². The molecule has 1 aliphatic heterocycles. The number of hydrogen-bond donors (Lipinski definition) is 1. The predicted octanol–water partition coefficient (Wildman–Crippen LogP) is 3.59. The van der Waals surface area contributed by atoms with Gasteiger partial charge in [0, 0.05) is 50.3 Å². The number of rotatable bonds is 2. The first-order valence-electron chi connectivity index (χ1n) is 11.4. The first-order valence-corrected chi connectivity index (χ1v) is 11.4. The van der Waals surface area contributed by atoms with Crippen LogP contribution in [0.4, 0.5) is 4.79 Å². The Bertz CT molecular complexity index is 1070. The molecule has 3 heterocycles. The summed E-state index contributed by atoms with van der Waals surface area (Å²) in [5.74, 6) is 0.547. The van der Waals surface area contributed by atoms with Gasteiger partial charge in [0.05, 0.1) is 18.3 Å². The summed E-state index contributed by atoms with van der Waals surface area (Å²) in [6.45, 7) is 10.6. The Morgan fingerprint density at radius 1 is 1.22 bits per heavy atom. The first kappa shape index (κ1) is 22.1. The lowest BCUT2D eigenvalue weighted by Gasteiger charge is -2.29. The van der Waals surface area contributed by atoms with Crippen molar-refractivity contribution in [3.05, 3.63) is 48.4 Å². The summed E-state index contributed by atoms with van der Waals surface area (Å²) in [4.78, 5) is 26.3. The number of carbonyl (C=O) groups excluding carboxylic acids is 1. The summed E-state index contributed by atoms with van der Waals surface area (Å²) < 4.78 is 8.03. The normalized spacial score (nSPS) is 18.8. The third-order valence-corrected chi connectivity index (χ3v) is 6.09. The SMILES string of the molecule is CCN1CCCOc2nc(cn3ccnc23)-c2cccc(c2)[C@@H](C)N(CC)C(=O)NCC1. The molecule has 4 rings (SSSR count). The molecular weight excluding hydrogens is 404 g/mol. The van der Waals surface area contributed by atoms with Crippen LogP contribution in [0.2, 0.25) is 0 Å². The van der Waals surface area contributed by atoms with Gasteiger partial charge in [0.25, 0.3) is 5.88 Å². The van der Waals surface area contributed by atoms with Crippen LogP contribution in [0.15, 0.2) is 42.9 Å². The van der Waals surface area contributed by atoms with Crippen molar-refractivity contribution in [1.29, 1.82) is 0 Å². The Morgan fingerprint density at radius 2 is 2.09 bits per heavy atom. The lowest BCUT2D eigenvalue weighted by atomic mass is 10.0. The number of nitrogens with one attached hydrogen (secondary N) is 1. The van der Waals surface area contributed by atoms with E-state index in [9.17, 15) is 4.79 Å². The molecule has 0 fully saturated rings. The van der Waals surface area contributed by atoms with Gasteiger partial charge in [-0.25, -0.2) is 14.8 Å². The third kappa shape index (κ3) is 4.70. The number of nitrogens with zero attached hydrogens (tertiary/aromatic N) is 5. The second kappa shape index (κ2) is 9.99. The molecule has 2 amide bonds. The molecule has 0 spiro atoms. The molecule has 0 unspecified atom stereocenters. The summed E-state index contributed by atoms with van der Waals surface area (Å²) >= 11 is 0. The van der Waals surface area contributed by atoms with Crippen molar-refractivity contribution >= 4 is 11.7 Å². The van der Waals surface area contributed by atoms with Gasteiger partial charge >= 0.3 is 6.03 Å². The van der Waals surface area contributed by atoms with Gasteiger partial charge in [-0.15, -0.1) is 0 Å². The summed E-state index contributed by atoms with van der Waals surface area (Å²) in [5.41, 5.74) is 3.57. The highest BCUT2D eigenvalue weighted by Gasteiger charge is 2.21. The van der Waals surface area contributed by atoms with Crippen molar-refractivity contribution in [2.45, 2.75) is 33.2 Å². The Hall–Kier alpha value is -3.13. The number of amides is 2. The second-order valence-electron chi connectivity index (χ2n) is 8.05. The Kier molecular flexibility index (Phi) is 6.90. The van der Waals surface area contributed by atoms with Crippen molar-refractivity contribution in [2.75, 3.05) is 39.3 Å². The fraction of sp³-hybridized carbons (Fsp3) is 0.458. The highest BCUT2D eigenvalue weighted by Crippen LogP contribution is 2.28. The first-order chi connectivity index (χ1) is 15.6. The lowest BCUT2D eigenvalue weighted by Crippen LogP contribution is -2.44. The zero-order valence-electron chi connectivity index (χ0n) is 19.1. The molecule has 1 atom stereocenters. The topological polar surface area (TPSA) is 75.0 Å². The van der Waals surface area contributed by atoms with E-state index in [0.29, 0.717) is 25.6 Å². The second-order valence-corrected chi connectivity index (χ2v) is 8.05. The molecule has 8 nitrogen and oxygen atoms in total. The van der Waals surface area contributed by atoms with Crippen molar-refractivity contribution < 1.29 is 9.53 Å². The Labute approximate surface area is 189 Å². The molecule has 0 saturated heterocycles. The van der Waals surface area contributed by atoms with Crippen LogP contribution in [-0.2, 0) is 0 Å². The van der Waals surface area contributed by atoms with Crippen LogP contribution in [0.3, 0.4) is 0 Å². The van der Waals surface area contributed by atoms with Gasteiger partial charge in [-0.1, -0.05) is 25.1 Å². The van der Waals surface area contributed by atoms with Gasteiger partial charge in [0.1, 0.15) is 0 Å². The number of hydrogen-bond acceptors (Lipinski definition) is 5. The smallest absolute Gasteiger partial charge is 0.317 e. The van der Waals surface area contributed by atoms with Crippen LogP contribution in [-0.4, -0.2) is 69.5 Å². The summed E-state index contributed by atoms with van der Waals surface area (Å²) in [6.07, 6.45) is 6.50. The number of ether oxygens (including phenoxy) is 1. The highest BCUT2D eigenvalue weighted by molar-refractivity contribution is 5.75. The zero-order valence-corrected chi connectivity index (χ0v) is 19.1. The van der Waals surface area contributed by atoms with E-state index in [0.717, 1.165) is 48.5 Å². The van der Waals surface area contributed by atoms with E-state index < -0.39 is 0 Å². The maximum atomic E-state index is 12.9. The molecule has 0 saturated carbocycles. The van der Waals surface area contributed by atoms with Crippen LogP contribution >= 0.6 is 0 Å². The molecule has 32 heavy (non-hydrogen) atoms. The van der Waals surface area contributed by atoms with E-state index in [1.54, 1.807) is 6.20 Å². The van der Waals surface area contributed by atoms with Gasteiger partial charge < -0.3 is 24.3 Å². The monoisotopic (exact) mass is 436 g/mol. The molecule has 8 heteroatoms. The fourth-order valence-electron chi connectivity index (χ4n) is 4.18. The van der Waals surface area contributed by atoms with E-state index >= 15 is 0 Å². The molecule has 0 aliphatic carbocycles. The molecule has 2 aromatic heterocycles. The van der Waals surface area contributed by atoms with Gasteiger partial charge in [0.2, 0.25) is 5.65 Å². The molecule has 1 N–H and O–H groups in total. The molecule has 170 valence electrons. The Balaban J connectivity index is 1.73. The maximum Gasteiger partial charge on any atom is 0.317 e.